The van der Waals surface area contributed by atoms with Crippen molar-refractivity contribution in [2.24, 2.45) is 5.73 Å². The highest BCUT2D eigenvalue weighted by molar-refractivity contribution is 7.13. The van der Waals surface area contributed by atoms with Gasteiger partial charge in [0.05, 0.1) is 16.3 Å². The van der Waals surface area contributed by atoms with Crippen molar-refractivity contribution in [3.63, 3.8) is 0 Å². The van der Waals surface area contributed by atoms with Gasteiger partial charge in [-0.05, 0) is 30.3 Å². The third kappa shape index (κ3) is 4.04. The zero-order valence-electron chi connectivity index (χ0n) is 12.9. The number of nitrogens with zero attached hydrogens (tertiary/aromatic N) is 1. The molecule has 1 aromatic heterocycles. The minimum atomic E-state index is -0.547. The average molecular weight is 373 g/mol. The molecule has 2 aromatic carbocycles. The van der Waals surface area contributed by atoms with Crippen LogP contribution in [0, 0.1) is 0 Å². The summed E-state index contributed by atoms with van der Waals surface area (Å²) in [5.74, 6) is -1.04. The molecule has 2 N–H and O–H groups in total. The summed E-state index contributed by atoms with van der Waals surface area (Å²) in [4.78, 5) is 27.5. The molecule has 7 heteroatoms. The van der Waals surface area contributed by atoms with Gasteiger partial charge in [-0.15, -0.1) is 11.3 Å². The maximum absolute atomic E-state index is 12.0. The van der Waals surface area contributed by atoms with Crippen molar-refractivity contribution in [1.29, 1.82) is 0 Å². The number of halogens is 1. The number of aromatic nitrogens is 1. The molecule has 0 fully saturated rings. The highest BCUT2D eigenvalue weighted by Gasteiger charge is 2.12. The number of esters is 1. The van der Waals surface area contributed by atoms with Crippen molar-refractivity contribution in [3.8, 4) is 10.6 Å². The van der Waals surface area contributed by atoms with Crippen molar-refractivity contribution in [3.05, 3.63) is 75.8 Å². The SMILES string of the molecule is NC(=O)c1ccc(C(=O)OCc2csc(-c3ccccc3Cl)n2)cc1. The molecule has 0 aliphatic carbocycles. The number of carbonyl (C=O) groups excluding carboxylic acids is 2. The summed E-state index contributed by atoms with van der Waals surface area (Å²) in [6, 6.07) is 13.4. The van der Waals surface area contributed by atoms with E-state index in [0.29, 0.717) is 21.8 Å². The van der Waals surface area contributed by atoms with Gasteiger partial charge in [0, 0.05) is 16.5 Å². The number of amides is 1. The van der Waals surface area contributed by atoms with Crippen LogP contribution >= 0.6 is 22.9 Å². The third-order valence-corrected chi connectivity index (χ3v) is 4.67. The lowest BCUT2D eigenvalue weighted by atomic mass is 10.1. The van der Waals surface area contributed by atoms with Gasteiger partial charge in [-0.1, -0.05) is 29.8 Å². The monoisotopic (exact) mass is 372 g/mol. The van der Waals surface area contributed by atoms with Crippen molar-refractivity contribution >= 4 is 34.8 Å². The summed E-state index contributed by atoms with van der Waals surface area (Å²) in [6.07, 6.45) is 0. The Morgan fingerprint density at radius 3 is 2.44 bits per heavy atom. The van der Waals surface area contributed by atoms with Crippen molar-refractivity contribution in [1.82, 2.24) is 4.98 Å². The summed E-state index contributed by atoms with van der Waals surface area (Å²) in [5.41, 5.74) is 7.32. The molecular formula is C18H13ClN2O3S. The van der Waals surface area contributed by atoms with E-state index >= 15 is 0 Å². The second-order valence-corrected chi connectivity index (χ2v) is 6.41. The minimum absolute atomic E-state index is 0.0529. The first-order valence-corrected chi connectivity index (χ1v) is 8.56. The molecule has 0 radical (unpaired) electrons. The quantitative estimate of drug-likeness (QED) is 0.688. The van der Waals surface area contributed by atoms with Crippen LogP contribution in [-0.4, -0.2) is 16.9 Å². The van der Waals surface area contributed by atoms with Crippen LogP contribution in [0.25, 0.3) is 10.6 Å². The summed E-state index contributed by atoms with van der Waals surface area (Å²) in [6.45, 7) is 0.0529. The maximum atomic E-state index is 12.0. The van der Waals surface area contributed by atoms with Gasteiger partial charge in [-0.3, -0.25) is 4.79 Å². The lowest BCUT2D eigenvalue weighted by Gasteiger charge is -2.03. The standard InChI is InChI=1S/C18H13ClN2O3S/c19-15-4-2-1-3-14(15)17-21-13(10-25-17)9-24-18(23)12-7-5-11(6-8-12)16(20)22/h1-8,10H,9H2,(H2,20,22). The van der Waals surface area contributed by atoms with Gasteiger partial charge in [0.2, 0.25) is 5.91 Å². The topological polar surface area (TPSA) is 82.3 Å². The molecule has 3 rings (SSSR count). The molecule has 0 spiro atoms. The fourth-order valence-electron chi connectivity index (χ4n) is 2.13. The van der Waals surface area contributed by atoms with Gasteiger partial charge in [0.1, 0.15) is 11.6 Å². The minimum Gasteiger partial charge on any atom is -0.456 e. The van der Waals surface area contributed by atoms with Crippen LogP contribution in [-0.2, 0) is 11.3 Å². The van der Waals surface area contributed by atoms with E-state index in [1.807, 2.05) is 23.6 Å². The zero-order chi connectivity index (χ0) is 17.8. The van der Waals surface area contributed by atoms with E-state index in [1.165, 1.54) is 35.6 Å². The molecule has 3 aromatic rings. The Bertz CT molecular complexity index is 922. The average Bonchev–Trinajstić information content (AvgIpc) is 3.09. The summed E-state index contributed by atoms with van der Waals surface area (Å²) < 4.78 is 5.25. The van der Waals surface area contributed by atoms with E-state index < -0.39 is 11.9 Å². The number of rotatable bonds is 5. The van der Waals surface area contributed by atoms with E-state index in [4.69, 9.17) is 22.1 Å². The van der Waals surface area contributed by atoms with E-state index in [0.717, 1.165) is 10.6 Å². The van der Waals surface area contributed by atoms with Crippen LogP contribution in [0.4, 0.5) is 0 Å². The second kappa shape index (κ2) is 7.46. The van der Waals surface area contributed by atoms with Gasteiger partial charge in [0.25, 0.3) is 0 Å². The molecule has 0 unspecified atom stereocenters. The van der Waals surface area contributed by atoms with Gasteiger partial charge in [-0.2, -0.15) is 0 Å². The Morgan fingerprint density at radius 2 is 1.76 bits per heavy atom. The molecule has 0 bridgehead atoms. The van der Waals surface area contributed by atoms with E-state index in [-0.39, 0.29) is 6.61 Å². The predicted molar refractivity (Wildman–Crippen MR) is 96.6 cm³/mol. The number of benzene rings is 2. The number of carbonyl (C=O) groups is 2. The molecule has 0 saturated carbocycles. The number of nitrogens with two attached hydrogens (primary N) is 1. The molecule has 126 valence electrons. The number of primary amides is 1. The smallest absolute Gasteiger partial charge is 0.338 e. The van der Waals surface area contributed by atoms with Crippen molar-refractivity contribution in [2.45, 2.75) is 6.61 Å². The van der Waals surface area contributed by atoms with Gasteiger partial charge >= 0.3 is 5.97 Å². The first kappa shape index (κ1) is 17.1. The highest BCUT2D eigenvalue weighted by atomic mass is 35.5. The Morgan fingerprint density at radius 1 is 1.08 bits per heavy atom. The zero-order valence-corrected chi connectivity index (χ0v) is 14.5. The molecule has 0 aliphatic rings. The van der Waals surface area contributed by atoms with Gasteiger partial charge < -0.3 is 10.5 Å². The maximum Gasteiger partial charge on any atom is 0.338 e. The number of thiazole rings is 1. The number of hydrogen-bond donors (Lipinski definition) is 1. The Labute approximate surface area is 153 Å². The fraction of sp³-hybridized carbons (Fsp3) is 0.0556. The van der Waals surface area contributed by atoms with Gasteiger partial charge in [0.15, 0.2) is 0 Å². The van der Waals surface area contributed by atoms with Crippen LogP contribution in [0.2, 0.25) is 5.02 Å². The molecule has 5 nitrogen and oxygen atoms in total. The van der Waals surface area contributed by atoms with Crippen LogP contribution in [0.15, 0.2) is 53.9 Å². The summed E-state index contributed by atoms with van der Waals surface area (Å²) in [7, 11) is 0. The lowest BCUT2D eigenvalue weighted by Crippen LogP contribution is -2.11. The Kier molecular flexibility index (Phi) is 5.11. The fourth-order valence-corrected chi connectivity index (χ4v) is 3.25. The molecule has 1 amide bonds. The molecule has 1 heterocycles. The number of hydrogen-bond acceptors (Lipinski definition) is 5. The van der Waals surface area contributed by atoms with E-state index in [1.54, 1.807) is 6.07 Å². The Hall–Kier alpha value is -2.70. The second-order valence-electron chi connectivity index (χ2n) is 5.14. The van der Waals surface area contributed by atoms with Crippen LogP contribution in [0.5, 0.6) is 0 Å². The predicted octanol–water partition coefficient (Wildman–Crippen LogP) is 3.92. The molecule has 0 aliphatic heterocycles. The first-order chi connectivity index (χ1) is 12.0. The highest BCUT2D eigenvalue weighted by Crippen LogP contribution is 2.30. The lowest BCUT2D eigenvalue weighted by molar-refractivity contribution is 0.0468. The van der Waals surface area contributed by atoms with Crippen LogP contribution in [0.1, 0.15) is 26.4 Å². The van der Waals surface area contributed by atoms with Crippen molar-refractivity contribution < 1.29 is 14.3 Å². The molecule has 25 heavy (non-hydrogen) atoms. The largest absolute Gasteiger partial charge is 0.456 e. The van der Waals surface area contributed by atoms with Crippen LogP contribution < -0.4 is 5.73 Å². The normalized spacial score (nSPS) is 10.4. The van der Waals surface area contributed by atoms with Crippen molar-refractivity contribution in [2.75, 3.05) is 0 Å². The summed E-state index contributed by atoms with van der Waals surface area (Å²) >= 11 is 7.59. The molecule has 0 atom stereocenters. The number of ether oxygens (including phenoxy) is 1. The van der Waals surface area contributed by atoms with E-state index in [9.17, 15) is 9.59 Å². The third-order valence-electron chi connectivity index (χ3n) is 3.41. The first-order valence-electron chi connectivity index (χ1n) is 7.31. The molecule has 0 saturated heterocycles. The summed E-state index contributed by atoms with van der Waals surface area (Å²) in [5, 5.41) is 3.21. The van der Waals surface area contributed by atoms with E-state index in [2.05, 4.69) is 4.98 Å². The Balaban J connectivity index is 1.65. The molecular weight excluding hydrogens is 360 g/mol. The van der Waals surface area contributed by atoms with Crippen LogP contribution in [0.3, 0.4) is 0 Å². The van der Waals surface area contributed by atoms with Gasteiger partial charge in [-0.25, -0.2) is 9.78 Å².